The van der Waals surface area contributed by atoms with Gasteiger partial charge in [0.1, 0.15) is 6.33 Å². The van der Waals surface area contributed by atoms with Gasteiger partial charge in [-0.05, 0) is 6.92 Å². The molecule has 0 aliphatic rings. The standard InChI is InChI=1S/C7H9N3/c1-6(2)10-7-3-8-5-9-4-7/h3-5,10H,1H2,2H3. The first kappa shape index (κ1) is 6.74. The average molecular weight is 135 g/mol. The van der Waals surface area contributed by atoms with Gasteiger partial charge in [0.25, 0.3) is 0 Å². The smallest absolute Gasteiger partial charge is 0.115 e. The fourth-order valence-electron chi connectivity index (χ4n) is 0.610. The number of rotatable bonds is 2. The molecule has 52 valence electrons. The second kappa shape index (κ2) is 2.96. The van der Waals surface area contributed by atoms with Gasteiger partial charge in [-0.1, -0.05) is 6.58 Å². The number of allylic oxidation sites excluding steroid dienone is 1. The lowest BCUT2D eigenvalue weighted by atomic mass is 10.5. The van der Waals surface area contributed by atoms with Crippen molar-refractivity contribution in [2.75, 3.05) is 5.32 Å². The van der Waals surface area contributed by atoms with E-state index in [0.717, 1.165) is 11.4 Å². The van der Waals surface area contributed by atoms with Crippen molar-refractivity contribution in [2.24, 2.45) is 0 Å². The Balaban J connectivity index is 2.67. The third-order valence-electron chi connectivity index (χ3n) is 0.918. The second-order valence-corrected chi connectivity index (χ2v) is 2.03. The summed E-state index contributed by atoms with van der Waals surface area (Å²) in [5, 5.41) is 2.99. The summed E-state index contributed by atoms with van der Waals surface area (Å²) in [4.78, 5) is 7.65. The van der Waals surface area contributed by atoms with Gasteiger partial charge in [-0.2, -0.15) is 0 Å². The normalized spacial score (nSPS) is 8.90. The number of nitrogens with one attached hydrogen (secondary N) is 1. The Bertz CT molecular complexity index is 218. The van der Waals surface area contributed by atoms with Crippen LogP contribution in [0.2, 0.25) is 0 Å². The van der Waals surface area contributed by atoms with E-state index in [2.05, 4.69) is 21.9 Å². The molecule has 1 aromatic rings. The zero-order chi connectivity index (χ0) is 7.40. The fraction of sp³-hybridized carbons (Fsp3) is 0.143. The second-order valence-electron chi connectivity index (χ2n) is 2.03. The third-order valence-corrected chi connectivity index (χ3v) is 0.918. The lowest BCUT2D eigenvalue weighted by molar-refractivity contribution is 1.16. The van der Waals surface area contributed by atoms with Crippen molar-refractivity contribution < 1.29 is 0 Å². The van der Waals surface area contributed by atoms with Gasteiger partial charge in [-0.25, -0.2) is 9.97 Å². The molecule has 0 radical (unpaired) electrons. The quantitative estimate of drug-likeness (QED) is 0.666. The topological polar surface area (TPSA) is 37.8 Å². The first-order valence-electron chi connectivity index (χ1n) is 2.96. The molecule has 10 heavy (non-hydrogen) atoms. The zero-order valence-corrected chi connectivity index (χ0v) is 5.83. The van der Waals surface area contributed by atoms with Gasteiger partial charge in [0, 0.05) is 5.70 Å². The molecule has 3 nitrogen and oxygen atoms in total. The molecule has 1 aromatic heterocycles. The molecule has 0 aromatic carbocycles. The Hall–Kier alpha value is -1.38. The van der Waals surface area contributed by atoms with Crippen LogP contribution in [0, 0.1) is 0 Å². The molecular formula is C7H9N3. The van der Waals surface area contributed by atoms with Gasteiger partial charge < -0.3 is 5.32 Å². The van der Waals surface area contributed by atoms with Crippen LogP contribution in [-0.2, 0) is 0 Å². The summed E-state index contributed by atoms with van der Waals surface area (Å²) in [5.74, 6) is 0. The van der Waals surface area contributed by atoms with Crippen molar-refractivity contribution >= 4 is 5.69 Å². The predicted octanol–water partition coefficient (Wildman–Crippen LogP) is 1.42. The summed E-state index contributed by atoms with van der Waals surface area (Å²) in [5.41, 5.74) is 1.75. The highest BCUT2D eigenvalue weighted by atomic mass is 14.9. The van der Waals surface area contributed by atoms with Crippen LogP contribution in [0.15, 0.2) is 31.0 Å². The van der Waals surface area contributed by atoms with E-state index in [1.807, 2.05) is 6.92 Å². The van der Waals surface area contributed by atoms with Crippen LogP contribution in [0.1, 0.15) is 6.92 Å². The van der Waals surface area contributed by atoms with E-state index in [-0.39, 0.29) is 0 Å². The Morgan fingerprint density at radius 1 is 1.50 bits per heavy atom. The van der Waals surface area contributed by atoms with Gasteiger partial charge in [0.2, 0.25) is 0 Å². The van der Waals surface area contributed by atoms with Crippen molar-refractivity contribution in [3.63, 3.8) is 0 Å². The van der Waals surface area contributed by atoms with E-state index in [1.165, 1.54) is 6.33 Å². The van der Waals surface area contributed by atoms with Crippen LogP contribution < -0.4 is 5.32 Å². The number of hydrogen-bond acceptors (Lipinski definition) is 3. The third kappa shape index (κ3) is 1.85. The minimum atomic E-state index is 0.870. The van der Waals surface area contributed by atoms with E-state index < -0.39 is 0 Å². The first-order valence-corrected chi connectivity index (χ1v) is 2.96. The highest BCUT2D eigenvalue weighted by Gasteiger charge is 1.87. The number of hydrogen-bond donors (Lipinski definition) is 1. The Kier molecular flexibility index (Phi) is 1.99. The van der Waals surface area contributed by atoms with Gasteiger partial charge in [-0.15, -0.1) is 0 Å². The molecule has 0 fully saturated rings. The molecule has 0 amide bonds. The average Bonchev–Trinajstić information content (AvgIpc) is 1.88. The molecular weight excluding hydrogens is 126 g/mol. The molecule has 0 aliphatic carbocycles. The summed E-state index contributed by atoms with van der Waals surface area (Å²) in [7, 11) is 0. The highest BCUT2D eigenvalue weighted by molar-refractivity contribution is 5.42. The largest absolute Gasteiger partial charge is 0.357 e. The van der Waals surface area contributed by atoms with E-state index in [4.69, 9.17) is 0 Å². The maximum atomic E-state index is 3.82. The first-order chi connectivity index (χ1) is 4.79. The summed E-state index contributed by atoms with van der Waals surface area (Å²) >= 11 is 0. The molecule has 0 saturated carbocycles. The van der Waals surface area contributed by atoms with E-state index in [0.29, 0.717) is 0 Å². The monoisotopic (exact) mass is 135 g/mol. The van der Waals surface area contributed by atoms with Crippen molar-refractivity contribution in [2.45, 2.75) is 6.92 Å². The van der Waals surface area contributed by atoms with Gasteiger partial charge in [-0.3, -0.25) is 0 Å². The van der Waals surface area contributed by atoms with E-state index >= 15 is 0 Å². The van der Waals surface area contributed by atoms with Crippen molar-refractivity contribution in [1.82, 2.24) is 9.97 Å². The summed E-state index contributed by atoms with van der Waals surface area (Å²) in [6, 6.07) is 0. The van der Waals surface area contributed by atoms with Gasteiger partial charge in [0.05, 0.1) is 18.1 Å². The van der Waals surface area contributed by atoms with Crippen LogP contribution in [0.3, 0.4) is 0 Å². The highest BCUT2D eigenvalue weighted by Crippen LogP contribution is 2.02. The molecule has 0 aliphatic heterocycles. The van der Waals surface area contributed by atoms with E-state index in [9.17, 15) is 0 Å². The molecule has 0 bridgehead atoms. The molecule has 0 spiro atoms. The molecule has 3 heteroatoms. The number of anilines is 1. The minimum absolute atomic E-state index is 0.870. The fourth-order valence-corrected chi connectivity index (χ4v) is 0.610. The lowest BCUT2D eigenvalue weighted by Gasteiger charge is -2.01. The number of aromatic nitrogens is 2. The lowest BCUT2D eigenvalue weighted by Crippen LogP contribution is -1.94. The maximum Gasteiger partial charge on any atom is 0.115 e. The van der Waals surface area contributed by atoms with Gasteiger partial charge in [0.15, 0.2) is 0 Å². The molecule has 0 saturated heterocycles. The summed E-state index contributed by atoms with van der Waals surface area (Å²) < 4.78 is 0. The minimum Gasteiger partial charge on any atom is -0.357 e. The van der Waals surface area contributed by atoms with Crippen molar-refractivity contribution in [3.05, 3.63) is 31.0 Å². The number of nitrogens with zero attached hydrogens (tertiary/aromatic N) is 2. The predicted molar refractivity (Wildman–Crippen MR) is 40.5 cm³/mol. The van der Waals surface area contributed by atoms with Crippen LogP contribution in [-0.4, -0.2) is 9.97 Å². The molecule has 1 N–H and O–H groups in total. The maximum absolute atomic E-state index is 3.82. The Labute approximate surface area is 59.8 Å². The van der Waals surface area contributed by atoms with Crippen LogP contribution in [0.25, 0.3) is 0 Å². The van der Waals surface area contributed by atoms with E-state index in [1.54, 1.807) is 12.4 Å². The molecule has 0 unspecified atom stereocenters. The van der Waals surface area contributed by atoms with Crippen LogP contribution >= 0.6 is 0 Å². The molecule has 0 atom stereocenters. The van der Waals surface area contributed by atoms with Crippen molar-refractivity contribution in [3.8, 4) is 0 Å². The van der Waals surface area contributed by atoms with Crippen LogP contribution in [0.5, 0.6) is 0 Å². The zero-order valence-electron chi connectivity index (χ0n) is 5.83. The SMILES string of the molecule is C=C(C)Nc1cncnc1. The summed E-state index contributed by atoms with van der Waals surface area (Å²) in [6.07, 6.45) is 4.88. The van der Waals surface area contributed by atoms with Crippen molar-refractivity contribution in [1.29, 1.82) is 0 Å². The Morgan fingerprint density at radius 2 is 2.10 bits per heavy atom. The van der Waals surface area contributed by atoms with Crippen LogP contribution in [0.4, 0.5) is 5.69 Å². The molecule has 1 heterocycles. The Morgan fingerprint density at radius 3 is 2.60 bits per heavy atom. The summed E-state index contributed by atoms with van der Waals surface area (Å²) in [6.45, 7) is 5.57. The van der Waals surface area contributed by atoms with Gasteiger partial charge >= 0.3 is 0 Å². The molecule has 1 rings (SSSR count).